The van der Waals surface area contributed by atoms with Crippen LogP contribution in [0.25, 0.3) is 0 Å². The summed E-state index contributed by atoms with van der Waals surface area (Å²) in [6.45, 7) is 2.81. The van der Waals surface area contributed by atoms with Gasteiger partial charge in [-0.15, -0.1) is 0 Å². The molecule has 0 aliphatic heterocycles. The van der Waals surface area contributed by atoms with Crippen molar-refractivity contribution >= 4 is 7.60 Å². The van der Waals surface area contributed by atoms with E-state index in [1.54, 1.807) is 0 Å². The Labute approximate surface area is 42.5 Å². The predicted octanol–water partition coefficient (Wildman–Crippen LogP) is 0.736. The molecule has 3 nitrogen and oxygen atoms in total. The molecular weight excluding hydrogens is 115 g/mol. The summed E-state index contributed by atoms with van der Waals surface area (Å²) in [7, 11) is -3.82. The van der Waals surface area contributed by atoms with Crippen LogP contribution in [0.4, 0.5) is 0 Å². The van der Waals surface area contributed by atoms with Crippen LogP contribution >= 0.6 is 7.60 Å². The fraction of sp³-hybridized carbons (Fsp3) is 0.667. The van der Waals surface area contributed by atoms with Gasteiger partial charge in [-0.05, 0) is 13.8 Å². The van der Waals surface area contributed by atoms with Gasteiger partial charge in [-0.3, -0.25) is 4.57 Å². The maximum absolute atomic E-state index is 9.99. The van der Waals surface area contributed by atoms with Gasteiger partial charge in [0, 0.05) is 0 Å². The van der Waals surface area contributed by atoms with Crippen LogP contribution in [0.2, 0.25) is 0 Å². The monoisotopic (exact) mass is 123 g/mol. The van der Waals surface area contributed by atoms with Gasteiger partial charge in [0.15, 0.2) is 0 Å². The molecule has 0 aliphatic carbocycles. The average Bonchev–Trinajstić information content (AvgIpc) is 1.31. The van der Waals surface area contributed by atoms with Crippen LogP contribution in [0.3, 0.4) is 0 Å². The second-order valence-electron chi connectivity index (χ2n) is 1.49. The van der Waals surface area contributed by atoms with Gasteiger partial charge in [-0.1, -0.05) is 0 Å². The van der Waals surface area contributed by atoms with Crippen LogP contribution in [0.1, 0.15) is 13.8 Å². The normalized spacial score (nSPS) is 12.7. The lowest BCUT2D eigenvalue weighted by molar-refractivity contribution is 0.375. The van der Waals surface area contributed by atoms with Crippen LogP contribution < -0.4 is 0 Å². The van der Waals surface area contributed by atoms with E-state index in [9.17, 15) is 4.57 Å². The number of rotatable bonds is 1. The van der Waals surface area contributed by atoms with E-state index >= 15 is 0 Å². The van der Waals surface area contributed by atoms with Crippen molar-refractivity contribution in [3.63, 3.8) is 0 Å². The van der Waals surface area contributed by atoms with E-state index < -0.39 is 7.60 Å². The summed E-state index contributed by atoms with van der Waals surface area (Å²) in [6, 6.07) is 0. The van der Waals surface area contributed by atoms with Gasteiger partial charge in [-0.2, -0.15) is 0 Å². The Bertz CT molecular complexity index is 92.4. The highest BCUT2D eigenvalue weighted by atomic mass is 31.2. The predicted molar refractivity (Wildman–Crippen MR) is 26.6 cm³/mol. The Balaban J connectivity index is 3.80. The Hall–Kier alpha value is 0.150. The molecule has 0 amide bonds. The van der Waals surface area contributed by atoms with Gasteiger partial charge in [0.05, 0.1) is 5.66 Å². The van der Waals surface area contributed by atoms with Crippen molar-refractivity contribution in [3.05, 3.63) is 5.66 Å². The summed E-state index contributed by atoms with van der Waals surface area (Å²) >= 11 is 0. The first-order valence-corrected chi connectivity index (χ1v) is 3.42. The summed E-state index contributed by atoms with van der Waals surface area (Å²) in [5.41, 5.74) is 0.160. The maximum atomic E-state index is 9.99. The van der Waals surface area contributed by atoms with E-state index in [0.717, 1.165) is 0 Å². The second-order valence-corrected chi connectivity index (χ2v) is 3.47. The van der Waals surface area contributed by atoms with E-state index in [2.05, 4.69) is 0 Å². The second kappa shape index (κ2) is 1.95. The minimum absolute atomic E-state index is 0.160. The van der Waals surface area contributed by atoms with Crippen molar-refractivity contribution in [1.82, 2.24) is 0 Å². The van der Waals surface area contributed by atoms with Gasteiger partial charge in [-0.25, -0.2) is 0 Å². The lowest BCUT2D eigenvalue weighted by atomic mass is 10.6. The molecule has 0 spiro atoms. The SMILES string of the molecule is C[C](C)P(=O)(O)O. The summed E-state index contributed by atoms with van der Waals surface area (Å²) in [4.78, 5) is 16.3. The molecule has 43 valence electrons. The molecule has 1 radical (unpaired) electrons. The van der Waals surface area contributed by atoms with Crippen molar-refractivity contribution in [2.75, 3.05) is 0 Å². The lowest BCUT2D eigenvalue weighted by Crippen LogP contribution is -1.83. The molecule has 0 atom stereocenters. The van der Waals surface area contributed by atoms with E-state index in [1.165, 1.54) is 13.8 Å². The maximum Gasteiger partial charge on any atom is 0.332 e. The molecule has 0 aromatic carbocycles. The van der Waals surface area contributed by atoms with Gasteiger partial charge < -0.3 is 9.79 Å². The minimum Gasteiger partial charge on any atom is -0.324 e. The largest absolute Gasteiger partial charge is 0.332 e. The smallest absolute Gasteiger partial charge is 0.324 e. The molecule has 0 aromatic heterocycles. The number of hydrogen-bond donors (Lipinski definition) is 2. The van der Waals surface area contributed by atoms with Gasteiger partial charge >= 0.3 is 7.60 Å². The van der Waals surface area contributed by atoms with Crippen molar-refractivity contribution in [1.29, 1.82) is 0 Å². The highest BCUT2D eigenvalue weighted by Gasteiger charge is 2.18. The third-order valence-corrected chi connectivity index (χ3v) is 1.75. The van der Waals surface area contributed by atoms with Gasteiger partial charge in [0.25, 0.3) is 0 Å². The van der Waals surface area contributed by atoms with Gasteiger partial charge in [0.1, 0.15) is 0 Å². The summed E-state index contributed by atoms with van der Waals surface area (Å²) in [6.07, 6.45) is 0. The van der Waals surface area contributed by atoms with Crippen molar-refractivity contribution in [2.45, 2.75) is 13.8 Å². The minimum atomic E-state index is -3.82. The zero-order valence-electron chi connectivity index (χ0n) is 4.25. The van der Waals surface area contributed by atoms with Gasteiger partial charge in [0.2, 0.25) is 0 Å². The fourth-order valence-corrected chi connectivity index (χ4v) is 0. The van der Waals surface area contributed by atoms with Crippen LogP contribution in [0.15, 0.2) is 0 Å². The van der Waals surface area contributed by atoms with Crippen LogP contribution in [0.5, 0.6) is 0 Å². The topological polar surface area (TPSA) is 57.5 Å². The van der Waals surface area contributed by atoms with Crippen molar-refractivity contribution in [3.8, 4) is 0 Å². The van der Waals surface area contributed by atoms with E-state index in [0.29, 0.717) is 0 Å². The molecule has 0 unspecified atom stereocenters. The molecule has 0 heterocycles. The first-order chi connectivity index (χ1) is 2.94. The molecular formula is C3H8O3P. The molecule has 0 aliphatic rings. The Morgan fingerprint density at radius 3 is 1.57 bits per heavy atom. The quantitative estimate of drug-likeness (QED) is 0.505. The zero-order chi connectivity index (χ0) is 6.08. The highest BCUT2D eigenvalue weighted by molar-refractivity contribution is 7.55. The highest BCUT2D eigenvalue weighted by Crippen LogP contribution is 2.45. The standard InChI is InChI=1S/C3H8O3P/c1-3(2)7(4,5)6/h1-2H3,(H2,4,5,6). The van der Waals surface area contributed by atoms with Crippen LogP contribution in [0, 0.1) is 5.66 Å². The third kappa shape index (κ3) is 2.80. The van der Waals surface area contributed by atoms with E-state index in [1.807, 2.05) is 0 Å². The molecule has 0 fully saturated rings. The molecule has 0 rings (SSSR count). The van der Waals surface area contributed by atoms with Crippen LogP contribution in [-0.2, 0) is 4.57 Å². The average molecular weight is 123 g/mol. The molecule has 0 saturated heterocycles. The van der Waals surface area contributed by atoms with Crippen molar-refractivity contribution in [2.24, 2.45) is 0 Å². The Morgan fingerprint density at radius 1 is 1.43 bits per heavy atom. The first-order valence-electron chi connectivity index (χ1n) is 1.81. The molecule has 0 saturated carbocycles. The molecule has 4 heteroatoms. The molecule has 7 heavy (non-hydrogen) atoms. The third-order valence-electron chi connectivity index (χ3n) is 0.583. The van der Waals surface area contributed by atoms with E-state index in [4.69, 9.17) is 9.79 Å². The van der Waals surface area contributed by atoms with Crippen LogP contribution in [-0.4, -0.2) is 9.79 Å². The summed E-state index contributed by atoms with van der Waals surface area (Å²) < 4.78 is 9.99. The summed E-state index contributed by atoms with van der Waals surface area (Å²) in [5, 5.41) is 0. The lowest BCUT2D eigenvalue weighted by Gasteiger charge is -2.03. The van der Waals surface area contributed by atoms with E-state index in [-0.39, 0.29) is 5.66 Å². The van der Waals surface area contributed by atoms with Crippen molar-refractivity contribution < 1.29 is 14.4 Å². The molecule has 0 aromatic rings. The Morgan fingerprint density at radius 2 is 1.57 bits per heavy atom. The molecule has 2 N–H and O–H groups in total. The first kappa shape index (κ1) is 7.15. The zero-order valence-corrected chi connectivity index (χ0v) is 5.14. The number of hydrogen-bond acceptors (Lipinski definition) is 1. The molecule has 0 bridgehead atoms. The summed E-state index contributed by atoms with van der Waals surface area (Å²) in [5.74, 6) is 0. The Kier molecular flexibility index (Phi) is 1.99. The fourth-order valence-electron chi connectivity index (χ4n) is 0.